The Hall–Kier alpha value is -2.15. The van der Waals surface area contributed by atoms with E-state index in [1.54, 1.807) is 17.1 Å². The quantitative estimate of drug-likeness (QED) is 0.317. The smallest absolute Gasteiger partial charge is 0.308 e. The molecule has 0 atom stereocenters. The number of aliphatic imine (C=N–C) groups is 1. The molecule has 0 saturated carbocycles. The zero-order valence-corrected chi connectivity index (χ0v) is 17.4. The van der Waals surface area contributed by atoms with Gasteiger partial charge in [0.15, 0.2) is 0 Å². The van der Waals surface area contributed by atoms with Crippen molar-refractivity contribution >= 4 is 18.6 Å². The third-order valence-electron chi connectivity index (χ3n) is 3.29. The second-order valence-electron chi connectivity index (χ2n) is 7.44. The highest BCUT2D eigenvalue weighted by atomic mass is 16.7. The number of nitrogens with zero attached hydrogens (tertiary/aromatic N) is 3. The van der Waals surface area contributed by atoms with Crippen LogP contribution in [-0.2, 0) is 14.3 Å². The van der Waals surface area contributed by atoms with Gasteiger partial charge in [0.05, 0.1) is 6.42 Å². The van der Waals surface area contributed by atoms with E-state index < -0.39 is 11.8 Å². The van der Waals surface area contributed by atoms with E-state index in [1.807, 2.05) is 4.90 Å². The molecule has 0 aromatic carbocycles. The summed E-state index contributed by atoms with van der Waals surface area (Å²) in [5.74, 6) is -0.632. The van der Waals surface area contributed by atoms with Gasteiger partial charge in [0.1, 0.15) is 5.82 Å². The number of aliphatic hydroxyl groups is 1. The number of esters is 1. The van der Waals surface area contributed by atoms with Crippen LogP contribution >= 0.6 is 0 Å². The fourth-order valence-corrected chi connectivity index (χ4v) is 2.25. The summed E-state index contributed by atoms with van der Waals surface area (Å²) in [6.07, 6.45) is 3.45. The molecule has 1 aliphatic heterocycles. The predicted molar refractivity (Wildman–Crippen MR) is 108 cm³/mol. The highest BCUT2D eigenvalue weighted by Crippen LogP contribution is 2.13. The average Bonchev–Trinajstić information content (AvgIpc) is 2.55. The van der Waals surface area contributed by atoms with Gasteiger partial charge in [0.2, 0.25) is 11.7 Å². The van der Waals surface area contributed by atoms with Crippen LogP contribution in [0, 0.1) is 5.92 Å². The van der Waals surface area contributed by atoms with Gasteiger partial charge in [-0.1, -0.05) is 33.4 Å². The highest BCUT2D eigenvalue weighted by Gasteiger charge is 2.24. The number of carbonyl (C=O) groups is 2. The standard InChI is InChI=1S/C16H25N3O4.C4H10/c1-5-6-13(17-4)18-9-11-19(12-10-18)14(20)7-8-15(21)23-16(2,3)22;1-4(2)3/h5-6,22H,1,4,7-12H2,2-3H3;4H,1-3H3/b13-6+;. The molecule has 1 fully saturated rings. The van der Waals surface area contributed by atoms with Crippen molar-refractivity contribution in [2.75, 3.05) is 26.2 Å². The Morgan fingerprint density at radius 1 is 1.15 bits per heavy atom. The molecule has 7 heteroatoms. The zero-order valence-electron chi connectivity index (χ0n) is 17.4. The van der Waals surface area contributed by atoms with Crippen LogP contribution in [0.3, 0.4) is 0 Å². The van der Waals surface area contributed by atoms with Crippen molar-refractivity contribution in [3.63, 3.8) is 0 Å². The molecule has 0 aromatic heterocycles. The first-order valence-electron chi connectivity index (χ1n) is 9.26. The Kier molecular flexibility index (Phi) is 11.3. The van der Waals surface area contributed by atoms with Crippen molar-refractivity contribution in [1.29, 1.82) is 0 Å². The molecule has 1 saturated heterocycles. The summed E-state index contributed by atoms with van der Waals surface area (Å²) >= 11 is 0. The summed E-state index contributed by atoms with van der Waals surface area (Å²) in [5.41, 5.74) is 0. The highest BCUT2D eigenvalue weighted by molar-refractivity contribution is 5.81. The summed E-state index contributed by atoms with van der Waals surface area (Å²) in [7, 11) is 0. The van der Waals surface area contributed by atoms with Crippen LogP contribution in [0.5, 0.6) is 0 Å². The van der Waals surface area contributed by atoms with Gasteiger partial charge in [-0.3, -0.25) is 9.59 Å². The van der Waals surface area contributed by atoms with E-state index in [4.69, 9.17) is 4.74 Å². The maximum Gasteiger partial charge on any atom is 0.308 e. The molecule has 0 spiro atoms. The van der Waals surface area contributed by atoms with Gasteiger partial charge in [-0.25, -0.2) is 4.99 Å². The number of amides is 1. The van der Waals surface area contributed by atoms with Crippen LogP contribution < -0.4 is 0 Å². The zero-order chi connectivity index (χ0) is 21.0. The molecular formula is C20H35N3O4. The molecular weight excluding hydrogens is 346 g/mol. The molecule has 0 unspecified atom stereocenters. The minimum absolute atomic E-state index is 0.0428. The van der Waals surface area contributed by atoms with Crippen molar-refractivity contribution in [3.05, 3.63) is 24.6 Å². The van der Waals surface area contributed by atoms with Gasteiger partial charge in [0, 0.05) is 46.4 Å². The van der Waals surface area contributed by atoms with Gasteiger partial charge in [-0.15, -0.1) is 0 Å². The fourth-order valence-electron chi connectivity index (χ4n) is 2.25. The van der Waals surface area contributed by atoms with Gasteiger partial charge in [-0.05, 0) is 18.7 Å². The number of ether oxygens (including phenoxy) is 1. The monoisotopic (exact) mass is 381 g/mol. The number of piperazine rings is 1. The van der Waals surface area contributed by atoms with Gasteiger partial charge < -0.3 is 19.6 Å². The summed E-state index contributed by atoms with van der Waals surface area (Å²) in [5, 5.41) is 9.38. The van der Waals surface area contributed by atoms with Crippen LogP contribution in [-0.4, -0.2) is 65.5 Å². The number of hydrogen-bond donors (Lipinski definition) is 1. The third-order valence-corrected chi connectivity index (χ3v) is 3.29. The van der Waals surface area contributed by atoms with Crippen molar-refractivity contribution in [3.8, 4) is 0 Å². The minimum Gasteiger partial charge on any atom is -0.434 e. The molecule has 1 amide bonds. The normalized spacial score (nSPS) is 15.0. The molecule has 154 valence electrons. The summed E-state index contributed by atoms with van der Waals surface area (Å²) in [6, 6.07) is 0. The van der Waals surface area contributed by atoms with Gasteiger partial charge >= 0.3 is 5.97 Å². The van der Waals surface area contributed by atoms with Crippen LogP contribution in [0.4, 0.5) is 0 Å². The SMILES string of the molecule is C=C/C=C(\N=C)N1CCN(C(=O)CCC(=O)OC(C)(C)O)CC1.CC(C)C. The lowest BCUT2D eigenvalue weighted by Gasteiger charge is -2.36. The Morgan fingerprint density at radius 2 is 1.63 bits per heavy atom. The van der Waals surface area contributed by atoms with Crippen LogP contribution in [0.2, 0.25) is 0 Å². The van der Waals surface area contributed by atoms with Crippen molar-refractivity contribution in [2.45, 2.75) is 53.2 Å². The fraction of sp³-hybridized carbons (Fsp3) is 0.650. The molecule has 1 rings (SSSR count). The predicted octanol–water partition coefficient (Wildman–Crippen LogP) is 2.57. The first-order chi connectivity index (χ1) is 12.5. The minimum atomic E-state index is -1.52. The molecule has 1 aliphatic rings. The number of allylic oxidation sites excluding steroid dienone is 2. The number of carbonyl (C=O) groups excluding carboxylic acids is 2. The van der Waals surface area contributed by atoms with E-state index in [0.717, 1.165) is 11.7 Å². The topological polar surface area (TPSA) is 82.4 Å². The maximum atomic E-state index is 12.1. The largest absolute Gasteiger partial charge is 0.434 e. The Bertz CT molecular complexity index is 525. The van der Waals surface area contributed by atoms with Crippen molar-refractivity contribution in [1.82, 2.24) is 9.80 Å². The Labute approximate surface area is 163 Å². The molecule has 1 heterocycles. The molecule has 0 aliphatic carbocycles. The molecule has 1 N–H and O–H groups in total. The van der Waals surface area contributed by atoms with Crippen LogP contribution in [0.15, 0.2) is 29.5 Å². The van der Waals surface area contributed by atoms with E-state index in [2.05, 4.69) is 39.1 Å². The lowest BCUT2D eigenvalue weighted by Crippen LogP contribution is -2.48. The Balaban J connectivity index is 0.00000153. The van der Waals surface area contributed by atoms with Gasteiger partial charge in [0.25, 0.3) is 0 Å². The van der Waals surface area contributed by atoms with Gasteiger partial charge in [-0.2, -0.15) is 0 Å². The first kappa shape index (κ1) is 24.8. The lowest BCUT2D eigenvalue weighted by atomic mass is 10.2. The molecule has 0 aromatic rings. The van der Waals surface area contributed by atoms with Crippen molar-refractivity contribution in [2.24, 2.45) is 10.9 Å². The van der Waals surface area contributed by atoms with E-state index >= 15 is 0 Å². The maximum absolute atomic E-state index is 12.1. The van der Waals surface area contributed by atoms with Crippen molar-refractivity contribution < 1.29 is 19.4 Å². The van der Waals surface area contributed by atoms with Crippen LogP contribution in [0.25, 0.3) is 0 Å². The molecule has 0 radical (unpaired) electrons. The number of rotatable bonds is 7. The lowest BCUT2D eigenvalue weighted by molar-refractivity contribution is -0.195. The average molecular weight is 382 g/mol. The molecule has 7 nitrogen and oxygen atoms in total. The van der Waals surface area contributed by atoms with E-state index in [-0.39, 0.29) is 18.7 Å². The second kappa shape index (κ2) is 12.3. The third kappa shape index (κ3) is 12.0. The van der Waals surface area contributed by atoms with E-state index in [0.29, 0.717) is 26.2 Å². The van der Waals surface area contributed by atoms with E-state index in [1.165, 1.54) is 13.8 Å². The van der Waals surface area contributed by atoms with E-state index in [9.17, 15) is 14.7 Å². The molecule has 27 heavy (non-hydrogen) atoms. The summed E-state index contributed by atoms with van der Waals surface area (Å²) < 4.78 is 4.77. The summed E-state index contributed by atoms with van der Waals surface area (Å²) in [6.45, 7) is 18.8. The molecule has 0 bridgehead atoms. The Morgan fingerprint density at radius 3 is 2.04 bits per heavy atom. The number of hydrogen-bond acceptors (Lipinski definition) is 6. The second-order valence-corrected chi connectivity index (χ2v) is 7.44. The van der Waals surface area contributed by atoms with Crippen LogP contribution in [0.1, 0.15) is 47.5 Å². The summed E-state index contributed by atoms with van der Waals surface area (Å²) in [4.78, 5) is 31.3. The first-order valence-corrected chi connectivity index (χ1v) is 9.26.